The van der Waals surface area contributed by atoms with E-state index in [1.165, 1.54) is 12.2 Å². The standard InChI is InChI=1S/C41H41IN4O12S/c1-13-7-15(47)25-28-22(13)23-14(41(58)44-6-4-2-3-5-43-19(51)10-45-20(52)11-46-21(53)12-59)8-16(48)26-29(23)32-31(28)30-24(17(49)9-18(50)27(30)37(25)54)34-33(32)35(38(26)55)40(57)36(42)39(34)56/h7-9,17,22-23,27-29,33,35,47-50,56-57,59H,2-6,10-12H2,1H3,(H,43,51)(H,44,58)(H,45,52)(H,46,53)/i42-4. The Morgan fingerprint density at radius 2 is 1.32 bits per heavy atom. The Balaban J connectivity index is 1.07. The van der Waals surface area contributed by atoms with E-state index < -0.39 is 106 Å². The maximum atomic E-state index is 14.6. The molecular formula is C41H41IN4O12S. The lowest BCUT2D eigenvalue weighted by Crippen LogP contribution is -2.57. The fourth-order valence-electron chi connectivity index (χ4n) is 10.5. The molecule has 8 unspecified atom stereocenters. The summed E-state index contributed by atoms with van der Waals surface area (Å²) in [6, 6.07) is 0. The number of thiol groups is 1. The van der Waals surface area contributed by atoms with E-state index in [0.29, 0.717) is 42.5 Å². The first-order chi connectivity index (χ1) is 28.1. The van der Waals surface area contributed by atoms with Crippen molar-refractivity contribution >= 4 is 70.4 Å². The quantitative estimate of drug-likeness (QED) is 0.0763. The van der Waals surface area contributed by atoms with E-state index in [1.807, 2.05) is 0 Å². The SMILES string of the molecule is CC1=CC(O)=C2C(=O)C3C(O)=CC(O)C4=C3C3=C5C6C4=C(O)C([123I])=C(O)C6C(=O)C4=C(O)C=C(C(=O)NCCCCCNC(=O)CNC(=O)CNC(=O)CS)C(C45)C1C23. The third kappa shape index (κ3) is 6.19. The fourth-order valence-corrected chi connectivity index (χ4v) is 11.2. The van der Waals surface area contributed by atoms with Gasteiger partial charge in [0.05, 0.1) is 28.3 Å². The van der Waals surface area contributed by atoms with Crippen molar-refractivity contribution in [3.63, 3.8) is 0 Å². The molecule has 0 spiro atoms. The molecule has 8 aliphatic carbocycles. The number of aliphatic hydroxyl groups is 6. The van der Waals surface area contributed by atoms with E-state index in [-0.39, 0.29) is 68.2 Å². The number of carbonyl (C=O) groups excluding carboxylic acids is 6. The molecule has 2 saturated carbocycles. The Bertz CT molecular complexity index is 2360. The maximum absolute atomic E-state index is 14.6. The van der Waals surface area contributed by atoms with Crippen LogP contribution >= 0.6 is 35.2 Å². The lowest BCUT2D eigenvalue weighted by Gasteiger charge is -2.59. The first-order valence-electron chi connectivity index (χ1n) is 19.2. The predicted molar refractivity (Wildman–Crippen MR) is 219 cm³/mol. The van der Waals surface area contributed by atoms with E-state index in [9.17, 15) is 59.4 Å². The third-order valence-corrected chi connectivity index (χ3v) is 14.0. The van der Waals surface area contributed by atoms with Crippen molar-refractivity contribution in [3.8, 4) is 0 Å². The minimum absolute atomic E-state index is 0.00791. The van der Waals surface area contributed by atoms with Crippen molar-refractivity contribution in [2.24, 2.45) is 41.4 Å². The van der Waals surface area contributed by atoms with E-state index in [2.05, 4.69) is 33.9 Å². The molecule has 10 N–H and O–H groups in total. The van der Waals surface area contributed by atoms with Crippen molar-refractivity contribution < 1.29 is 59.4 Å². The van der Waals surface area contributed by atoms with Crippen molar-refractivity contribution in [2.45, 2.75) is 32.3 Å². The van der Waals surface area contributed by atoms with Gasteiger partial charge in [0, 0.05) is 59.1 Å². The molecule has 0 saturated heterocycles. The zero-order chi connectivity index (χ0) is 42.3. The minimum atomic E-state index is -1.50. The van der Waals surface area contributed by atoms with Gasteiger partial charge >= 0.3 is 0 Å². The average molecular weight is 937 g/mol. The number of fused-ring (bicyclic) bond motifs is 2. The Hall–Kier alpha value is -5.08. The number of hydrogen-bond acceptors (Lipinski definition) is 13. The molecule has 0 aliphatic heterocycles. The number of halogens is 1. The summed E-state index contributed by atoms with van der Waals surface area (Å²) in [6.45, 7) is 1.71. The van der Waals surface area contributed by atoms with Gasteiger partial charge in [-0.15, -0.1) is 0 Å². The molecule has 0 aromatic rings. The number of allylic oxidation sites excluding steroid dienone is 10. The summed E-state index contributed by atoms with van der Waals surface area (Å²) >= 11 is 5.52. The smallest absolute Gasteiger partial charge is 0.247 e. The summed E-state index contributed by atoms with van der Waals surface area (Å²) in [5, 5.41) is 79.5. The van der Waals surface area contributed by atoms with Gasteiger partial charge in [-0.1, -0.05) is 5.57 Å². The predicted octanol–water partition coefficient (Wildman–Crippen LogP) is 2.02. The Kier molecular flexibility index (Phi) is 10.5. The molecule has 2 fully saturated rings. The molecule has 8 rings (SSSR count). The third-order valence-electron chi connectivity index (χ3n) is 12.7. The normalized spacial score (nSPS) is 29.8. The fraction of sp³-hybridized carbons (Fsp3) is 0.415. The van der Waals surface area contributed by atoms with Gasteiger partial charge in [0.25, 0.3) is 0 Å². The van der Waals surface area contributed by atoms with Crippen LogP contribution in [0.4, 0.5) is 0 Å². The molecule has 0 bridgehead atoms. The molecule has 0 heterocycles. The molecule has 8 atom stereocenters. The van der Waals surface area contributed by atoms with Gasteiger partial charge in [0.15, 0.2) is 11.6 Å². The average Bonchev–Trinajstić information content (AvgIpc) is 3.19. The van der Waals surface area contributed by atoms with Gasteiger partial charge < -0.3 is 51.9 Å². The number of carbonyl (C=O) groups is 6. The van der Waals surface area contributed by atoms with Gasteiger partial charge in [-0.25, -0.2) is 0 Å². The van der Waals surface area contributed by atoms with Gasteiger partial charge in [-0.2, -0.15) is 12.6 Å². The summed E-state index contributed by atoms with van der Waals surface area (Å²) in [5.41, 5.74) is 2.17. The number of amides is 4. The zero-order valence-electron chi connectivity index (χ0n) is 31.5. The molecule has 16 nitrogen and oxygen atoms in total. The molecule has 59 heavy (non-hydrogen) atoms. The molecule has 0 radical (unpaired) electrons. The van der Waals surface area contributed by atoms with Gasteiger partial charge in [0.2, 0.25) is 23.6 Å². The van der Waals surface area contributed by atoms with Crippen LogP contribution in [0.5, 0.6) is 0 Å². The Morgan fingerprint density at radius 1 is 0.695 bits per heavy atom. The van der Waals surface area contributed by atoms with Crippen LogP contribution in [0, 0.1) is 41.4 Å². The summed E-state index contributed by atoms with van der Waals surface area (Å²) in [4.78, 5) is 78.5. The van der Waals surface area contributed by atoms with Crippen LogP contribution < -0.4 is 21.3 Å². The number of Topliss-reactive ketones (excluding diaryl/α,β-unsaturated/α-hetero) is 2. The largest absolute Gasteiger partial charge is 0.511 e. The van der Waals surface area contributed by atoms with Gasteiger partial charge in [-0.3, -0.25) is 28.8 Å². The Labute approximate surface area is 355 Å². The van der Waals surface area contributed by atoms with E-state index in [4.69, 9.17) is 0 Å². The van der Waals surface area contributed by atoms with Gasteiger partial charge in [-0.05, 0) is 95.2 Å². The van der Waals surface area contributed by atoms with Crippen LogP contribution in [0.1, 0.15) is 26.2 Å². The number of unbranched alkanes of at least 4 members (excludes halogenated alkanes) is 2. The number of aliphatic hydroxyl groups excluding tert-OH is 6. The molecule has 0 aromatic carbocycles. The topological polar surface area (TPSA) is 272 Å². The summed E-state index contributed by atoms with van der Waals surface area (Å²) in [5.74, 6) is -12.4. The van der Waals surface area contributed by atoms with Crippen molar-refractivity contribution in [1.29, 1.82) is 0 Å². The molecule has 310 valence electrons. The molecule has 18 heteroatoms. The number of hydrogen-bond donors (Lipinski definition) is 11. The number of nitrogens with one attached hydrogen (secondary N) is 4. The van der Waals surface area contributed by atoms with Crippen LogP contribution in [0.3, 0.4) is 0 Å². The molecule has 0 aromatic heterocycles. The summed E-state index contributed by atoms with van der Waals surface area (Å²) < 4.78 is -0.0433. The second kappa shape index (κ2) is 15.2. The first kappa shape index (κ1) is 40.7. The summed E-state index contributed by atoms with van der Waals surface area (Å²) in [6.07, 6.45) is 3.96. The first-order valence-corrected chi connectivity index (χ1v) is 20.9. The van der Waals surface area contributed by atoms with E-state index in [0.717, 1.165) is 6.08 Å². The lowest BCUT2D eigenvalue weighted by molar-refractivity contribution is -0.127. The van der Waals surface area contributed by atoms with Crippen LogP contribution in [0.2, 0.25) is 0 Å². The highest BCUT2D eigenvalue weighted by atomic mass is 123. The molecule has 8 aliphatic rings. The highest BCUT2D eigenvalue weighted by Crippen LogP contribution is 2.70. The van der Waals surface area contributed by atoms with Crippen LogP contribution in [-0.4, -0.2) is 104 Å². The van der Waals surface area contributed by atoms with Crippen LogP contribution in [0.15, 0.2) is 101 Å². The molecule has 4 amide bonds. The van der Waals surface area contributed by atoms with Crippen LogP contribution in [0.25, 0.3) is 0 Å². The maximum Gasteiger partial charge on any atom is 0.247 e. The van der Waals surface area contributed by atoms with Crippen molar-refractivity contribution in [3.05, 3.63) is 101 Å². The van der Waals surface area contributed by atoms with Gasteiger partial charge in [0.1, 0.15) is 40.8 Å². The van der Waals surface area contributed by atoms with Crippen molar-refractivity contribution in [2.75, 3.05) is 31.9 Å². The number of rotatable bonds is 12. The summed E-state index contributed by atoms with van der Waals surface area (Å²) in [7, 11) is 0. The second-order valence-electron chi connectivity index (χ2n) is 15.8. The monoisotopic (exact) mass is 936 g/mol. The zero-order valence-corrected chi connectivity index (χ0v) is 34.5. The highest BCUT2D eigenvalue weighted by Gasteiger charge is 2.67. The van der Waals surface area contributed by atoms with E-state index in [1.54, 1.807) is 29.5 Å². The lowest BCUT2D eigenvalue weighted by atomic mass is 9.42. The molecular weight excluding hydrogens is 895 g/mol. The van der Waals surface area contributed by atoms with E-state index >= 15 is 0 Å². The number of ketones is 2. The second-order valence-corrected chi connectivity index (χ2v) is 17.2. The minimum Gasteiger partial charge on any atom is -0.511 e. The van der Waals surface area contributed by atoms with Crippen molar-refractivity contribution in [1.82, 2.24) is 21.3 Å². The highest BCUT2D eigenvalue weighted by molar-refractivity contribution is 14.1. The Morgan fingerprint density at radius 3 is 2.02 bits per heavy atom. The van der Waals surface area contributed by atoms with Crippen LogP contribution in [-0.2, 0) is 28.8 Å².